The molecule has 0 saturated heterocycles. The van der Waals surface area contributed by atoms with E-state index in [9.17, 15) is 4.79 Å². The van der Waals surface area contributed by atoms with E-state index in [-0.39, 0.29) is 5.91 Å². The fourth-order valence-electron chi connectivity index (χ4n) is 2.78. The zero-order valence-corrected chi connectivity index (χ0v) is 15.2. The van der Waals surface area contributed by atoms with Crippen molar-refractivity contribution in [3.8, 4) is 0 Å². The Morgan fingerprint density at radius 3 is 2.46 bits per heavy atom. The van der Waals surface area contributed by atoms with Crippen LogP contribution >= 0.6 is 0 Å². The van der Waals surface area contributed by atoms with Crippen LogP contribution in [0.3, 0.4) is 0 Å². The van der Waals surface area contributed by atoms with Gasteiger partial charge in [-0.05, 0) is 36.6 Å². The van der Waals surface area contributed by atoms with Crippen molar-refractivity contribution in [2.45, 2.75) is 20.3 Å². The molecule has 3 aromatic rings. The van der Waals surface area contributed by atoms with E-state index in [1.807, 2.05) is 67.4 Å². The second kappa shape index (κ2) is 7.78. The van der Waals surface area contributed by atoms with Gasteiger partial charge in [0.05, 0.1) is 12.4 Å². The van der Waals surface area contributed by atoms with E-state index in [0.717, 1.165) is 28.9 Å². The van der Waals surface area contributed by atoms with Crippen molar-refractivity contribution >= 4 is 23.1 Å². The molecule has 0 saturated carbocycles. The molecular formula is C21H22N4O. The van der Waals surface area contributed by atoms with Crippen LogP contribution in [0.2, 0.25) is 0 Å². The number of para-hydroxylation sites is 2. The molecule has 1 N–H and O–H groups in total. The molecule has 0 fully saturated rings. The molecule has 0 unspecified atom stereocenters. The summed E-state index contributed by atoms with van der Waals surface area (Å²) in [5, 5.41) is 2.97. The van der Waals surface area contributed by atoms with Crippen LogP contribution in [0, 0.1) is 6.92 Å². The molecule has 5 heteroatoms. The number of carbonyl (C=O) groups excluding carboxylic acids is 1. The highest BCUT2D eigenvalue weighted by molar-refractivity contribution is 6.03. The van der Waals surface area contributed by atoms with Gasteiger partial charge in [0.25, 0.3) is 5.91 Å². The highest BCUT2D eigenvalue weighted by atomic mass is 16.1. The van der Waals surface area contributed by atoms with Gasteiger partial charge in [0.15, 0.2) is 5.82 Å². The first-order valence-electron chi connectivity index (χ1n) is 8.60. The van der Waals surface area contributed by atoms with E-state index in [1.54, 1.807) is 6.20 Å². The molecule has 0 atom stereocenters. The molecule has 0 radical (unpaired) electrons. The minimum atomic E-state index is -0.254. The van der Waals surface area contributed by atoms with Crippen molar-refractivity contribution in [2.75, 3.05) is 17.3 Å². The summed E-state index contributed by atoms with van der Waals surface area (Å²) in [6.45, 7) is 4.05. The third-order valence-electron chi connectivity index (χ3n) is 4.34. The number of anilines is 3. The number of hydrogen-bond acceptors (Lipinski definition) is 4. The normalized spacial score (nSPS) is 10.4. The summed E-state index contributed by atoms with van der Waals surface area (Å²) in [7, 11) is 1.92. The lowest BCUT2D eigenvalue weighted by Crippen LogP contribution is -2.17. The van der Waals surface area contributed by atoms with Gasteiger partial charge in [0.1, 0.15) is 5.69 Å². The van der Waals surface area contributed by atoms with Gasteiger partial charge in [0.2, 0.25) is 0 Å². The first-order chi connectivity index (χ1) is 12.6. The van der Waals surface area contributed by atoms with Crippen molar-refractivity contribution < 1.29 is 4.79 Å². The molecule has 1 amide bonds. The van der Waals surface area contributed by atoms with Crippen molar-refractivity contribution in [3.05, 3.63) is 77.7 Å². The second-order valence-corrected chi connectivity index (χ2v) is 6.07. The summed E-state index contributed by atoms with van der Waals surface area (Å²) in [4.78, 5) is 23.2. The third kappa shape index (κ3) is 3.72. The molecule has 1 heterocycles. The van der Waals surface area contributed by atoms with Crippen LogP contribution in [-0.2, 0) is 6.42 Å². The highest BCUT2D eigenvalue weighted by Crippen LogP contribution is 2.22. The lowest BCUT2D eigenvalue weighted by molar-refractivity contribution is 0.102. The van der Waals surface area contributed by atoms with Crippen molar-refractivity contribution in [3.63, 3.8) is 0 Å². The molecule has 3 rings (SSSR count). The smallest absolute Gasteiger partial charge is 0.275 e. The van der Waals surface area contributed by atoms with Crippen molar-refractivity contribution in [1.29, 1.82) is 0 Å². The molecule has 0 aliphatic carbocycles. The van der Waals surface area contributed by atoms with E-state index in [1.165, 1.54) is 6.20 Å². The molecule has 132 valence electrons. The number of aryl methyl sites for hydroxylation is 2. The van der Waals surface area contributed by atoms with Gasteiger partial charge >= 0.3 is 0 Å². The standard InChI is InChI=1S/C21H22N4O/c1-4-16-10-8-9-15(2)20(16)24-21(26)18-13-23-19(14-22-18)25(3)17-11-6-5-7-12-17/h5-14H,4H2,1-3H3,(H,24,26). The maximum absolute atomic E-state index is 12.6. The minimum Gasteiger partial charge on any atom is -0.328 e. The van der Waals surface area contributed by atoms with Crippen LogP contribution in [0.4, 0.5) is 17.2 Å². The summed E-state index contributed by atoms with van der Waals surface area (Å²) < 4.78 is 0. The van der Waals surface area contributed by atoms with Gasteiger partial charge in [-0.2, -0.15) is 0 Å². The fourth-order valence-corrected chi connectivity index (χ4v) is 2.78. The number of nitrogens with one attached hydrogen (secondary N) is 1. The molecule has 0 aliphatic heterocycles. The average molecular weight is 346 g/mol. The SMILES string of the molecule is CCc1cccc(C)c1NC(=O)c1cnc(N(C)c2ccccc2)cn1. The third-order valence-corrected chi connectivity index (χ3v) is 4.34. The van der Waals surface area contributed by atoms with Gasteiger partial charge in [-0.3, -0.25) is 4.79 Å². The first-order valence-corrected chi connectivity index (χ1v) is 8.60. The molecule has 26 heavy (non-hydrogen) atoms. The van der Waals surface area contributed by atoms with Crippen LogP contribution in [0.25, 0.3) is 0 Å². The van der Waals surface area contributed by atoms with Crippen LogP contribution in [0.1, 0.15) is 28.5 Å². The molecule has 0 spiro atoms. The van der Waals surface area contributed by atoms with Crippen LogP contribution in [-0.4, -0.2) is 22.9 Å². The Morgan fingerprint density at radius 2 is 1.81 bits per heavy atom. The number of carbonyl (C=O) groups is 1. The topological polar surface area (TPSA) is 58.1 Å². The lowest BCUT2D eigenvalue weighted by atomic mass is 10.1. The van der Waals surface area contributed by atoms with Crippen molar-refractivity contribution in [2.24, 2.45) is 0 Å². The predicted octanol–water partition coefficient (Wildman–Crippen LogP) is 4.37. The summed E-state index contributed by atoms with van der Waals surface area (Å²) >= 11 is 0. The van der Waals surface area contributed by atoms with E-state index in [4.69, 9.17) is 0 Å². The van der Waals surface area contributed by atoms with E-state index >= 15 is 0 Å². The summed E-state index contributed by atoms with van der Waals surface area (Å²) in [6, 6.07) is 15.9. The van der Waals surface area contributed by atoms with E-state index < -0.39 is 0 Å². The number of nitrogens with zero attached hydrogens (tertiary/aromatic N) is 3. The van der Waals surface area contributed by atoms with E-state index in [2.05, 4.69) is 22.2 Å². The van der Waals surface area contributed by atoms with Crippen molar-refractivity contribution in [1.82, 2.24) is 9.97 Å². The molecule has 2 aromatic carbocycles. The van der Waals surface area contributed by atoms with Crippen LogP contribution < -0.4 is 10.2 Å². The Hall–Kier alpha value is -3.21. The Bertz CT molecular complexity index is 892. The Morgan fingerprint density at radius 1 is 1.04 bits per heavy atom. The highest BCUT2D eigenvalue weighted by Gasteiger charge is 2.13. The van der Waals surface area contributed by atoms with Gasteiger partial charge in [-0.25, -0.2) is 9.97 Å². The lowest BCUT2D eigenvalue weighted by Gasteiger charge is -2.18. The van der Waals surface area contributed by atoms with Crippen LogP contribution in [0.15, 0.2) is 60.9 Å². The maximum atomic E-state index is 12.6. The largest absolute Gasteiger partial charge is 0.328 e. The molecule has 0 bridgehead atoms. The fraction of sp³-hybridized carbons (Fsp3) is 0.190. The Labute approximate surface area is 153 Å². The molecule has 1 aromatic heterocycles. The second-order valence-electron chi connectivity index (χ2n) is 6.07. The zero-order valence-electron chi connectivity index (χ0n) is 15.2. The number of benzene rings is 2. The number of rotatable bonds is 5. The van der Waals surface area contributed by atoms with Gasteiger partial charge in [-0.15, -0.1) is 0 Å². The summed E-state index contributed by atoms with van der Waals surface area (Å²) in [6.07, 6.45) is 3.97. The molecular weight excluding hydrogens is 324 g/mol. The number of aromatic nitrogens is 2. The Kier molecular flexibility index (Phi) is 5.27. The quantitative estimate of drug-likeness (QED) is 0.745. The molecule has 5 nitrogen and oxygen atoms in total. The van der Waals surface area contributed by atoms with E-state index in [0.29, 0.717) is 11.5 Å². The average Bonchev–Trinajstić information content (AvgIpc) is 2.69. The molecule has 0 aliphatic rings. The van der Waals surface area contributed by atoms with Crippen LogP contribution in [0.5, 0.6) is 0 Å². The Balaban J connectivity index is 1.78. The van der Waals surface area contributed by atoms with Gasteiger partial charge in [-0.1, -0.05) is 43.3 Å². The van der Waals surface area contributed by atoms with Gasteiger partial charge < -0.3 is 10.2 Å². The first kappa shape index (κ1) is 17.6. The van der Waals surface area contributed by atoms with Gasteiger partial charge in [0, 0.05) is 18.4 Å². The minimum absolute atomic E-state index is 0.254. The number of hydrogen-bond donors (Lipinski definition) is 1. The zero-order chi connectivity index (χ0) is 18.5. The maximum Gasteiger partial charge on any atom is 0.275 e. The number of amides is 1. The monoisotopic (exact) mass is 346 g/mol. The predicted molar refractivity (Wildman–Crippen MR) is 105 cm³/mol. The summed E-state index contributed by atoms with van der Waals surface area (Å²) in [5.41, 5.74) is 4.29. The summed E-state index contributed by atoms with van der Waals surface area (Å²) in [5.74, 6) is 0.424.